The van der Waals surface area contributed by atoms with Crippen LogP contribution in [0.2, 0.25) is 0 Å². The molecule has 0 amide bonds. The van der Waals surface area contributed by atoms with Gasteiger partial charge in [0.25, 0.3) is 0 Å². The van der Waals surface area contributed by atoms with Gasteiger partial charge < -0.3 is 10.4 Å². The van der Waals surface area contributed by atoms with E-state index in [0.717, 1.165) is 17.3 Å². The summed E-state index contributed by atoms with van der Waals surface area (Å²) in [6, 6.07) is 0. The normalized spacial score (nSPS) is 20.2. The maximum absolute atomic E-state index is 10.4. The summed E-state index contributed by atoms with van der Waals surface area (Å²) in [5.41, 5.74) is -0.674. The molecule has 1 aromatic rings. The van der Waals surface area contributed by atoms with Gasteiger partial charge >= 0.3 is 0 Å². The molecule has 0 saturated heterocycles. The highest BCUT2D eigenvalue weighted by atomic mass is 79.9. The molecule has 0 aliphatic heterocycles. The van der Waals surface area contributed by atoms with E-state index in [0.29, 0.717) is 18.4 Å². The molecular formula is C12H18BrN3O. The van der Waals surface area contributed by atoms with Crippen molar-refractivity contribution in [3.05, 3.63) is 16.9 Å². The number of aliphatic hydroxyl groups is 1. The van der Waals surface area contributed by atoms with Crippen LogP contribution in [0.1, 0.15) is 32.6 Å². The second-order valence-electron chi connectivity index (χ2n) is 4.92. The number of nitrogens with zero attached hydrogens (tertiary/aromatic N) is 2. The standard InChI is InChI=1S/C12H18BrN3O/c1-12(17,9-4-2-3-5-9)8-16-11-14-6-10(13)7-15-11/h6-7,9,17H,2-5,8H2,1H3,(H,14,15,16). The first-order valence-electron chi connectivity index (χ1n) is 6.02. The Morgan fingerprint density at radius 1 is 1.41 bits per heavy atom. The van der Waals surface area contributed by atoms with Gasteiger partial charge in [-0.05, 0) is 41.6 Å². The molecule has 1 saturated carbocycles. The molecule has 5 heteroatoms. The van der Waals surface area contributed by atoms with Gasteiger partial charge in [0.15, 0.2) is 0 Å². The summed E-state index contributed by atoms with van der Waals surface area (Å²) < 4.78 is 0.852. The van der Waals surface area contributed by atoms with Crippen molar-refractivity contribution in [3.63, 3.8) is 0 Å². The van der Waals surface area contributed by atoms with Gasteiger partial charge in [0.2, 0.25) is 5.95 Å². The summed E-state index contributed by atoms with van der Waals surface area (Å²) in [5.74, 6) is 0.955. The number of halogens is 1. The molecule has 1 unspecified atom stereocenters. The fraction of sp³-hybridized carbons (Fsp3) is 0.667. The minimum Gasteiger partial charge on any atom is -0.388 e. The molecule has 94 valence electrons. The van der Waals surface area contributed by atoms with E-state index in [2.05, 4.69) is 31.2 Å². The van der Waals surface area contributed by atoms with E-state index >= 15 is 0 Å². The quantitative estimate of drug-likeness (QED) is 0.897. The van der Waals surface area contributed by atoms with Gasteiger partial charge in [-0.25, -0.2) is 9.97 Å². The minimum absolute atomic E-state index is 0.394. The van der Waals surface area contributed by atoms with Gasteiger partial charge in [0, 0.05) is 18.9 Å². The lowest BCUT2D eigenvalue weighted by Gasteiger charge is -2.30. The lowest BCUT2D eigenvalue weighted by atomic mass is 9.88. The Morgan fingerprint density at radius 3 is 2.59 bits per heavy atom. The van der Waals surface area contributed by atoms with Crippen LogP contribution in [0.3, 0.4) is 0 Å². The van der Waals surface area contributed by atoms with E-state index in [1.165, 1.54) is 12.8 Å². The first-order chi connectivity index (χ1) is 8.08. The third-order valence-corrected chi connectivity index (χ3v) is 3.87. The van der Waals surface area contributed by atoms with Crippen LogP contribution >= 0.6 is 15.9 Å². The predicted octanol–water partition coefficient (Wildman–Crippen LogP) is 2.59. The number of aromatic nitrogens is 2. The molecule has 0 aromatic carbocycles. The Labute approximate surface area is 110 Å². The number of rotatable bonds is 4. The summed E-state index contributed by atoms with van der Waals surface area (Å²) in [4.78, 5) is 8.26. The van der Waals surface area contributed by atoms with Crippen LogP contribution in [0.15, 0.2) is 16.9 Å². The summed E-state index contributed by atoms with van der Waals surface area (Å²) in [5, 5.41) is 13.5. The molecule has 0 bridgehead atoms. The van der Waals surface area contributed by atoms with Gasteiger partial charge in [-0.15, -0.1) is 0 Å². The van der Waals surface area contributed by atoms with Crippen LogP contribution in [-0.2, 0) is 0 Å². The SMILES string of the molecule is CC(O)(CNc1ncc(Br)cn1)C1CCCC1. The average molecular weight is 300 g/mol. The second kappa shape index (κ2) is 5.31. The molecule has 17 heavy (non-hydrogen) atoms. The highest BCUT2D eigenvalue weighted by Crippen LogP contribution is 2.33. The average Bonchev–Trinajstić information content (AvgIpc) is 2.82. The zero-order chi connectivity index (χ0) is 12.3. The van der Waals surface area contributed by atoms with Crippen molar-refractivity contribution in [2.75, 3.05) is 11.9 Å². The van der Waals surface area contributed by atoms with Crippen LogP contribution in [0.5, 0.6) is 0 Å². The molecule has 0 spiro atoms. The van der Waals surface area contributed by atoms with Crippen molar-refractivity contribution >= 4 is 21.9 Å². The maximum Gasteiger partial charge on any atom is 0.222 e. The fourth-order valence-electron chi connectivity index (χ4n) is 2.35. The summed E-state index contributed by atoms with van der Waals surface area (Å²) in [7, 11) is 0. The summed E-state index contributed by atoms with van der Waals surface area (Å²) in [6.07, 6.45) is 8.09. The van der Waals surface area contributed by atoms with E-state index in [-0.39, 0.29) is 0 Å². The van der Waals surface area contributed by atoms with Gasteiger partial charge in [0.05, 0.1) is 10.1 Å². The third kappa shape index (κ3) is 3.39. The Balaban J connectivity index is 1.90. The van der Waals surface area contributed by atoms with Crippen LogP contribution in [0, 0.1) is 5.92 Å². The van der Waals surface area contributed by atoms with Crippen molar-refractivity contribution in [2.24, 2.45) is 5.92 Å². The topological polar surface area (TPSA) is 58.0 Å². The molecule has 1 atom stereocenters. The molecule has 4 nitrogen and oxygen atoms in total. The molecule has 1 heterocycles. The smallest absolute Gasteiger partial charge is 0.222 e. The monoisotopic (exact) mass is 299 g/mol. The van der Waals surface area contributed by atoms with Crippen molar-refractivity contribution in [1.82, 2.24) is 9.97 Å². The Morgan fingerprint density at radius 2 is 2.00 bits per heavy atom. The van der Waals surface area contributed by atoms with Crippen molar-refractivity contribution in [2.45, 2.75) is 38.2 Å². The maximum atomic E-state index is 10.4. The predicted molar refractivity (Wildman–Crippen MR) is 70.8 cm³/mol. The lowest BCUT2D eigenvalue weighted by Crippen LogP contribution is -2.40. The molecule has 1 fully saturated rings. The van der Waals surface area contributed by atoms with Gasteiger partial charge in [0.1, 0.15) is 0 Å². The van der Waals surface area contributed by atoms with Gasteiger partial charge in [-0.1, -0.05) is 12.8 Å². The van der Waals surface area contributed by atoms with Gasteiger partial charge in [-0.3, -0.25) is 0 Å². The Kier molecular flexibility index (Phi) is 3.99. The third-order valence-electron chi connectivity index (χ3n) is 3.46. The Hall–Kier alpha value is -0.680. The van der Waals surface area contributed by atoms with Crippen molar-refractivity contribution in [1.29, 1.82) is 0 Å². The molecule has 1 aliphatic rings. The van der Waals surface area contributed by atoms with E-state index in [1.807, 2.05) is 6.92 Å². The number of hydrogen-bond donors (Lipinski definition) is 2. The van der Waals surface area contributed by atoms with E-state index in [9.17, 15) is 5.11 Å². The van der Waals surface area contributed by atoms with E-state index in [4.69, 9.17) is 0 Å². The van der Waals surface area contributed by atoms with Crippen molar-refractivity contribution in [3.8, 4) is 0 Å². The lowest BCUT2D eigenvalue weighted by molar-refractivity contribution is 0.0141. The highest BCUT2D eigenvalue weighted by molar-refractivity contribution is 9.10. The zero-order valence-corrected chi connectivity index (χ0v) is 11.6. The van der Waals surface area contributed by atoms with Crippen LogP contribution in [0.4, 0.5) is 5.95 Å². The number of anilines is 1. The first-order valence-corrected chi connectivity index (χ1v) is 6.81. The zero-order valence-electron chi connectivity index (χ0n) is 9.99. The highest BCUT2D eigenvalue weighted by Gasteiger charge is 2.33. The largest absolute Gasteiger partial charge is 0.388 e. The van der Waals surface area contributed by atoms with Crippen LogP contribution in [-0.4, -0.2) is 27.2 Å². The number of nitrogens with one attached hydrogen (secondary N) is 1. The molecule has 1 aromatic heterocycles. The van der Waals surface area contributed by atoms with Crippen LogP contribution in [0.25, 0.3) is 0 Å². The molecule has 1 aliphatic carbocycles. The summed E-state index contributed by atoms with van der Waals surface area (Å²) >= 11 is 3.29. The second-order valence-corrected chi connectivity index (χ2v) is 5.83. The van der Waals surface area contributed by atoms with Crippen molar-refractivity contribution < 1.29 is 5.11 Å². The molecule has 2 rings (SSSR count). The minimum atomic E-state index is -0.674. The van der Waals surface area contributed by atoms with E-state index in [1.54, 1.807) is 12.4 Å². The molecule has 0 radical (unpaired) electrons. The summed E-state index contributed by atoms with van der Waals surface area (Å²) in [6.45, 7) is 2.40. The first kappa shape index (κ1) is 12.8. The van der Waals surface area contributed by atoms with Gasteiger partial charge in [-0.2, -0.15) is 0 Å². The molecular weight excluding hydrogens is 282 g/mol. The Bertz CT molecular complexity index is 361. The fourth-order valence-corrected chi connectivity index (χ4v) is 2.56. The van der Waals surface area contributed by atoms with E-state index < -0.39 is 5.60 Å². The van der Waals surface area contributed by atoms with Crippen LogP contribution < -0.4 is 5.32 Å². The number of hydrogen-bond acceptors (Lipinski definition) is 4. The molecule has 2 N–H and O–H groups in total.